The highest BCUT2D eigenvalue weighted by Gasteiger charge is 2.45. The zero-order valence-electron chi connectivity index (χ0n) is 13.9. The fraction of sp³-hybridized carbons (Fsp3) is 0.500. The first kappa shape index (κ1) is 16.6. The lowest BCUT2D eigenvalue weighted by Gasteiger charge is -2.32. The normalized spacial score (nSPS) is 24.5. The van der Waals surface area contributed by atoms with Gasteiger partial charge < -0.3 is 20.0 Å². The van der Waals surface area contributed by atoms with Crippen LogP contribution < -0.4 is 5.32 Å². The van der Waals surface area contributed by atoms with Gasteiger partial charge in [-0.25, -0.2) is 4.79 Å². The first-order chi connectivity index (χ1) is 11.7. The molecule has 0 aromatic heterocycles. The third kappa shape index (κ3) is 3.48. The van der Waals surface area contributed by atoms with Crippen LogP contribution in [0.25, 0.3) is 0 Å². The molecule has 2 N–H and O–H groups in total. The molecule has 2 fully saturated rings. The van der Waals surface area contributed by atoms with Gasteiger partial charge in [-0.3, -0.25) is 0 Å². The number of nitrogens with one attached hydrogen (secondary N) is 1. The van der Waals surface area contributed by atoms with Crippen LogP contribution in [0.3, 0.4) is 0 Å². The van der Waals surface area contributed by atoms with E-state index in [9.17, 15) is 9.90 Å². The van der Waals surface area contributed by atoms with Crippen molar-refractivity contribution in [1.82, 2.24) is 5.06 Å². The Balaban J connectivity index is 1.90. The molecule has 0 spiro atoms. The topological polar surface area (TPSA) is 71.0 Å². The number of carbonyl (C=O) groups excluding carboxylic acids is 1. The molecule has 1 saturated carbocycles. The van der Waals surface area contributed by atoms with Gasteiger partial charge in [0.1, 0.15) is 0 Å². The van der Waals surface area contributed by atoms with E-state index in [1.54, 1.807) is 12.0 Å². The molecule has 0 amide bonds. The van der Waals surface area contributed by atoms with E-state index in [1.807, 2.05) is 30.3 Å². The summed E-state index contributed by atoms with van der Waals surface area (Å²) in [4.78, 5) is 17.8. The number of hydroxylamine groups is 2. The molecule has 6 heteroatoms. The summed E-state index contributed by atoms with van der Waals surface area (Å²) in [5.41, 5.74) is 0.981. The molecule has 1 aromatic carbocycles. The van der Waals surface area contributed by atoms with Gasteiger partial charge >= 0.3 is 5.97 Å². The number of para-hydroxylation sites is 1. The predicted octanol–water partition coefficient (Wildman–Crippen LogP) is 3.34. The van der Waals surface area contributed by atoms with Crippen molar-refractivity contribution in [1.29, 1.82) is 0 Å². The number of carbonyl (C=O) groups is 1. The van der Waals surface area contributed by atoms with Crippen LogP contribution in [0.15, 0.2) is 41.9 Å². The van der Waals surface area contributed by atoms with Crippen molar-refractivity contribution in [3.63, 3.8) is 0 Å². The molecule has 130 valence electrons. The van der Waals surface area contributed by atoms with E-state index >= 15 is 0 Å². The lowest BCUT2D eigenvalue weighted by molar-refractivity contribution is -0.187. The zero-order valence-corrected chi connectivity index (χ0v) is 13.9. The number of aliphatic hydroxyl groups is 1. The van der Waals surface area contributed by atoms with Crippen LogP contribution in [0, 0.1) is 0 Å². The maximum atomic E-state index is 12.3. The molecule has 6 nitrogen and oxygen atoms in total. The van der Waals surface area contributed by atoms with Gasteiger partial charge in [0.15, 0.2) is 11.7 Å². The average Bonchev–Trinajstić information content (AvgIpc) is 2.93. The smallest absolute Gasteiger partial charge is 0.363 e. The summed E-state index contributed by atoms with van der Waals surface area (Å²) >= 11 is 0. The first-order valence-corrected chi connectivity index (χ1v) is 8.59. The molecule has 1 aromatic rings. The minimum absolute atomic E-state index is 0.131. The zero-order chi connectivity index (χ0) is 16.9. The molecular formula is C18H24N2O4. The van der Waals surface area contributed by atoms with Crippen LogP contribution in [0.1, 0.15) is 39.0 Å². The second-order valence-corrected chi connectivity index (χ2v) is 6.10. The second kappa shape index (κ2) is 7.57. The molecule has 3 rings (SSSR count). The van der Waals surface area contributed by atoms with E-state index in [2.05, 4.69) is 5.32 Å². The Morgan fingerprint density at radius 3 is 2.67 bits per heavy atom. The number of anilines is 1. The van der Waals surface area contributed by atoms with Gasteiger partial charge in [-0.2, -0.15) is 0 Å². The third-order valence-electron chi connectivity index (χ3n) is 4.46. The highest BCUT2D eigenvalue weighted by atomic mass is 16.7. The average molecular weight is 332 g/mol. The summed E-state index contributed by atoms with van der Waals surface area (Å²) in [7, 11) is 0. The second-order valence-electron chi connectivity index (χ2n) is 6.10. The van der Waals surface area contributed by atoms with Crippen LogP contribution in [-0.4, -0.2) is 35.0 Å². The van der Waals surface area contributed by atoms with Gasteiger partial charge in [0, 0.05) is 11.7 Å². The lowest BCUT2D eigenvalue weighted by Crippen LogP contribution is -2.44. The van der Waals surface area contributed by atoms with E-state index in [-0.39, 0.29) is 24.2 Å². The Morgan fingerprint density at radius 1 is 1.29 bits per heavy atom. The Labute approximate surface area is 142 Å². The van der Waals surface area contributed by atoms with Crippen molar-refractivity contribution >= 4 is 11.7 Å². The van der Waals surface area contributed by atoms with Gasteiger partial charge in [-0.15, -0.1) is 5.06 Å². The minimum Gasteiger partial charge on any atom is -0.481 e. The number of benzene rings is 1. The van der Waals surface area contributed by atoms with Gasteiger partial charge in [-0.1, -0.05) is 37.5 Å². The fourth-order valence-electron chi connectivity index (χ4n) is 3.30. The molecule has 1 unspecified atom stereocenters. The molecule has 24 heavy (non-hydrogen) atoms. The maximum absolute atomic E-state index is 12.3. The molecule has 1 aliphatic carbocycles. The number of nitrogens with zero attached hydrogens (tertiary/aromatic N) is 1. The minimum atomic E-state index is -0.561. The summed E-state index contributed by atoms with van der Waals surface area (Å²) in [6.45, 7) is 2.04. The molecule has 1 aliphatic heterocycles. The Kier molecular flexibility index (Phi) is 5.25. The number of aliphatic hydroxyl groups excluding tert-OH is 1. The van der Waals surface area contributed by atoms with E-state index < -0.39 is 12.1 Å². The molecule has 1 heterocycles. The Morgan fingerprint density at radius 2 is 2.00 bits per heavy atom. The van der Waals surface area contributed by atoms with Crippen molar-refractivity contribution in [3.8, 4) is 0 Å². The molecule has 2 aliphatic rings. The van der Waals surface area contributed by atoms with Crippen molar-refractivity contribution in [2.24, 2.45) is 0 Å². The molecule has 1 atom stereocenters. The van der Waals surface area contributed by atoms with Gasteiger partial charge in [0.25, 0.3) is 5.95 Å². The van der Waals surface area contributed by atoms with E-state index in [1.165, 1.54) is 6.42 Å². The Bertz CT molecular complexity index is 596. The fourth-order valence-corrected chi connectivity index (χ4v) is 3.30. The van der Waals surface area contributed by atoms with Crippen molar-refractivity contribution < 1.29 is 19.5 Å². The van der Waals surface area contributed by atoms with Crippen LogP contribution >= 0.6 is 0 Å². The summed E-state index contributed by atoms with van der Waals surface area (Å²) in [5.74, 6) is -0.922. The number of rotatable bonds is 5. The monoisotopic (exact) mass is 332 g/mol. The summed E-state index contributed by atoms with van der Waals surface area (Å²) < 4.78 is 5.17. The predicted molar refractivity (Wildman–Crippen MR) is 89.9 cm³/mol. The van der Waals surface area contributed by atoms with Crippen molar-refractivity contribution in [2.45, 2.75) is 51.2 Å². The molecule has 0 radical (unpaired) electrons. The quantitative estimate of drug-likeness (QED) is 0.636. The largest absolute Gasteiger partial charge is 0.481 e. The van der Waals surface area contributed by atoms with Crippen LogP contribution in [-0.2, 0) is 14.4 Å². The summed E-state index contributed by atoms with van der Waals surface area (Å²) in [6, 6.07) is 9.73. The molecular weight excluding hydrogens is 308 g/mol. The summed E-state index contributed by atoms with van der Waals surface area (Å²) in [6.07, 6.45) is 4.84. The third-order valence-corrected chi connectivity index (χ3v) is 4.46. The van der Waals surface area contributed by atoms with E-state index in [0.717, 1.165) is 31.4 Å². The SMILES string of the molecule is CCO/C(O)=C1\C(=O)ON(C2CCCCC2)C1Nc1ccccc1. The van der Waals surface area contributed by atoms with E-state index in [0.29, 0.717) is 0 Å². The molecule has 0 bridgehead atoms. The van der Waals surface area contributed by atoms with E-state index in [4.69, 9.17) is 9.57 Å². The molecule has 1 saturated heterocycles. The Hall–Kier alpha value is -2.21. The maximum Gasteiger partial charge on any atom is 0.363 e. The number of hydrogen-bond donors (Lipinski definition) is 2. The lowest BCUT2D eigenvalue weighted by atomic mass is 9.95. The first-order valence-electron chi connectivity index (χ1n) is 8.59. The summed E-state index contributed by atoms with van der Waals surface area (Å²) in [5, 5.41) is 15.2. The van der Waals surface area contributed by atoms with Gasteiger partial charge in [0.05, 0.1) is 6.61 Å². The van der Waals surface area contributed by atoms with Gasteiger partial charge in [0.2, 0.25) is 0 Å². The van der Waals surface area contributed by atoms with Crippen molar-refractivity contribution in [2.75, 3.05) is 11.9 Å². The number of hydrogen-bond acceptors (Lipinski definition) is 6. The van der Waals surface area contributed by atoms with Crippen LogP contribution in [0.2, 0.25) is 0 Å². The van der Waals surface area contributed by atoms with Gasteiger partial charge in [-0.05, 0) is 31.9 Å². The van der Waals surface area contributed by atoms with Crippen molar-refractivity contribution in [3.05, 3.63) is 41.9 Å². The highest BCUT2D eigenvalue weighted by molar-refractivity contribution is 5.92. The van der Waals surface area contributed by atoms with Crippen LogP contribution in [0.4, 0.5) is 5.69 Å². The standard InChI is InChI=1S/C18H24N2O4/c1-2-23-17(21)15-16(19-13-9-5-3-6-10-13)20(24-18(15)22)14-11-7-4-8-12-14/h3,5-6,9-10,14,16,19,21H,2,4,7-8,11-12H2,1H3/b17-15-. The number of ether oxygens (including phenoxy) is 1. The highest BCUT2D eigenvalue weighted by Crippen LogP contribution is 2.33. The van der Waals surface area contributed by atoms with Crippen LogP contribution in [0.5, 0.6) is 0 Å².